The van der Waals surface area contributed by atoms with Crippen molar-refractivity contribution in [3.05, 3.63) is 112 Å². The Labute approximate surface area is 212 Å². The monoisotopic (exact) mass is 526 g/mol. The van der Waals surface area contributed by atoms with Crippen molar-refractivity contribution >= 4 is 38.7 Å². The van der Waals surface area contributed by atoms with Crippen molar-refractivity contribution < 1.29 is 14.3 Å². The highest BCUT2D eigenvalue weighted by Gasteiger charge is 2.12. The van der Waals surface area contributed by atoms with Crippen LogP contribution >= 0.6 is 15.9 Å². The number of carbonyl (C=O) groups excluding carboxylic acids is 1. The lowest BCUT2D eigenvalue weighted by atomic mass is 10.1. The van der Waals surface area contributed by atoms with Gasteiger partial charge in [-0.05, 0) is 64.4 Å². The highest BCUT2D eigenvalue weighted by molar-refractivity contribution is 9.10. The van der Waals surface area contributed by atoms with Crippen molar-refractivity contribution in [1.29, 1.82) is 5.26 Å². The molecular formula is C29H23BrN2O3. The minimum absolute atomic E-state index is 0.00725. The Morgan fingerprint density at radius 2 is 1.71 bits per heavy atom. The van der Waals surface area contributed by atoms with Gasteiger partial charge in [0.25, 0.3) is 5.91 Å². The van der Waals surface area contributed by atoms with Crippen molar-refractivity contribution in [3.8, 4) is 17.6 Å². The zero-order chi connectivity index (χ0) is 24.6. The van der Waals surface area contributed by atoms with Gasteiger partial charge in [0.15, 0.2) is 0 Å². The lowest BCUT2D eigenvalue weighted by molar-refractivity contribution is -0.117. The molecule has 0 unspecified atom stereocenters. The molecule has 0 heterocycles. The first-order valence-electron chi connectivity index (χ1n) is 11.0. The van der Waals surface area contributed by atoms with Gasteiger partial charge in [-0.2, -0.15) is 5.26 Å². The summed E-state index contributed by atoms with van der Waals surface area (Å²) in [6.45, 7) is 0.657. The maximum atomic E-state index is 12.7. The Kier molecular flexibility index (Phi) is 7.81. The number of rotatable bonds is 8. The molecule has 35 heavy (non-hydrogen) atoms. The van der Waals surface area contributed by atoms with Gasteiger partial charge >= 0.3 is 0 Å². The number of amides is 1. The molecule has 0 aliphatic rings. The highest BCUT2D eigenvalue weighted by Crippen LogP contribution is 2.27. The number of ether oxygens (including phenoxy) is 2. The molecule has 0 saturated heterocycles. The third-order valence-corrected chi connectivity index (χ3v) is 5.95. The summed E-state index contributed by atoms with van der Waals surface area (Å²) in [7, 11) is 1.60. The van der Waals surface area contributed by atoms with Crippen LogP contribution in [0.3, 0.4) is 0 Å². The summed E-state index contributed by atoms with van der Waals surface area (Å²) in [4.78, 5) is 12.7. The predicted molar refractivity (Wildman–Crippen MR) is 141 cm³/mol. The SMILES string of the molecule is COc1ccc(CNC(=O)/C(C#N)=C\c2cc(Br)ccc2OCc2ccc3ccccc3c2)cc1. The number of fused-ring (bicyclic) bond motifs is 1. The first kappa shape index (κ1) is 24.1. The van der Waals surface area contributed by atoms with E-state index in [2.05, 4.69) is 45.5 Å². The minimum Gasteiger partial charge on any atom is -0.497 e. The summed E-state index contributed by atoms with van der Waals surface area (Å²) in [6.07, 6.45) is 1.55. The van der Waals surface area contributed by atoms with E-state index in [1.54, 1.807) is 13.2 Å². The van der Waals surface area contributed by atoms with Crippen molar-refractivity contribution in [3.63, 3.8) is 0 Å². The molecule has 6 heteroatoms. The maximum absolute atomic E-state index is 12.7. The van der Waals surface area contributed by atoms with Crippen LogP contribution in [-0.4, -0.2) is 13.0 Å². The van der Waals surface area contributed by atoms with Crippen LogP contribution in [0.4, 0.5) is 0 Å². The average Bonchev–Trinajstić information content (AvgIpc) is 2.90. The van der Waals surface area contributed by atoms with Gasteiger partial charge in [-0.25, -0.2) is 0 Å². The molecule has 4 aromatic rings. The Morgan fingerprint density at radius 3 is 2.46 bits per heavy atom. The largest absolute Gasteiger partial charge is 0.497 e. The van der Waals surface area contributed by atoms with E-state index >= 15 is 0 Å². The molecule has 4 rings (SSSR count). The van der Waals surface area contributed by atoms with Crippen LogP contribution in [0.5, 0.6) is 11.5 Å². The topological polar surface area (TPSA) is 71.3 Å². The van der Waals surface area contributed by atoms with E-state index in [0.29, 0.717) is 24.5 Å². The zero-order valence-corrected chi connectivity index (χ0v) is 20.7. The molecule has 1 N–H and O–H groups in total. The fourth-order valence-corrected chi connectivity index (χ4v) is 3.96. The molecule has 0 aliphatic heterocycles. The van der Waals surface area contributed by atoms with Gasteiger partial charge in [0.1, 0.15) is 29.7 Å². The number of benzene rings is 4. The van der Waals surface area contributed by atoms with Crippen LogP contribution in [0.25, 0.3) is 16.8 Å². The van der Waals surface area contributed by atoms with Crippen molar-refractivity contribution in [1.82, 2.24) is 5.32 Å². The average molecular weight is 527 g/mol. The molecular weight excluding hydrogens is 504 g/mol. The summed E-state index contributed by atoms with van der Waals surface area (Å²) in [5.74, 6) is 0.865. The van der Waals surface area contributed by atoms with Crippen LogP contribution in [0.15, 0.2) is 95.0 Å². The Bertz CT molecular complexity index is 1420. The fourth-order valence-electron chi connectivity index (χ4n) is 3.58. The smallest absolute Gasteiger partial charge is 0.262 e. The molecule has 5 nitrogen and oxygen atoms in total. The van der Waals surface area contributed by atoms with Gasteiger partial charge in [-0.15, -0.1) is 0 Å². The first-order chi connectivity index (χ1) is 17.1. The fraction of sp³-hybridized carbons (Fsp3) is 0.103. The molecule has 0 radical (unpaired) electrons. The molecule has 0 saturated carbocycles. The molecule has 0 bridgehead atoms. The van der Waals surface area contributed by atoms with Crippen molar-refractivity contribution in [2.75, 3.05) is 7.11 Å². The molecule has 1 amide bonds. The van der Waals surface area contributed by atoms with Crippen molar-refractivity contribution in [2.24, 2.45) is 0 Å². The third kappa shape index (κ3) is 6.28. The molecule has 0 aliphatic carbocycles. The normalized spacial score (nSPS) is 11.1. The number of methoxy groups -OCH3 is 1. The van der Waals surface area contributed by atoms with E-state index in [1.165, 1.54) is 5.39 Å². The van der Waals surface area contributed by atoms with E-state index in [9.17, 15) is 10.1 Å². The Morgan fingerprint density at radius 1 is 0.971 bits per heavy atom. The highest BCUT2D eigenvalue weighted by atomic mass is 79.9. The molecule has 0 fully saturated rings. The third-order valence-electron chi connectivity index (χ3n) is 5.46. The van der Waals surface area contributed by atoms with E-state index in [4.69, 9.17) is 9.47 Å². The van der Waals surface area contributed by atoms with Crippen LogP contribution in [0.2, 0.25) is 0 Å². The number of carbonyl (C=O) groups is 1. The molecule has 174 valence electrons. The minimum atomic E-state index is -0.455. The van der Waals surface area contributed by atoms with Gasteiger partial charge in [0, 0.05) is 16.6 Å². The second kappa shape index (κ2) is 11.4. The number of hydrogen-bond donors (Lipinski definition) is 1. The quantitative estimate of drug-likeness (QED) is 0.212. The van der Waals surface area contributed by atoms with Crippen LogP contribution < -0.4 is 14.8 Å². The standard InChI is InChI=1S/C29H23BrN2O3/c1-34-27-11-7-20(8-12-27)18-32-29(33)25(17-31)15-24-16-26(30)10-13-28(24)35-19-21-6-9-22-4-2-3-5-23(22)14-21/h2-16H,18-19H2,1H3,(H,32,33)/b25-15-. The van der Waals surface area contributed by atoms with Crippen LogP contribution in [-0.2, 0) is 17.9 Å². The molecule has 0 spiro atoms. The lowest BCUT2D eigenvalue weighted by Crippen LogP contribution is -2.23. The summed E-state index contributed by atoms with van der Waals surface area (Å²) in [5, 5.41) is 14.7. The van der Waals surface area contributed by atoms with E-state index in [-0.39, 0.29) is 5.57 Å². The Hall–Kier alpha value is -4.08. The molecule has 0 aromatic heterocycles. The summed E-state index contributed by atoms with van der Waals surface area (Å²) in [6, 6.07) is 29.2. The van der Waals surface area contributed by atoms with Crippen LogP contribution in [0, 0.1) is 11.3 Å². The predicted octanol–water partition coefficient (Wildman–Crippen LogP) is 6.41. The number of hydrogen-bond acceptors (Lipinski definition) is 4. The summed E-state index contributed by atoms with van der Waals surface area (Å²) >= 11 is 3.46. The number of nitriles is 1. The second-order valence-corrected chi connectivity index (χ2v) is 8.77. The molecule has 0 atom stereocenters. The van der Waals surface area contributed by atoms with E-state index < -0.39 is 5.91 Å². The van der Waals surface area contributed by atoms with Gasteiger partial charge < -0.3 is 14.8 Å². The van der Waals surface area contributed by atoms with Gasteiger partial charge in [-0.1, -0.05) is 64.5 Å². The Balaban J connectivity index is 1.48. The number of nitrogens with zero attached hydrogens (tertiary/aromatic N) is 1. The lowest BCUT2D eigenvalue weighted by Gasteiger charge is -2.11. The first-order valence-corrected chi connectivity index (χ1v) is 11.8. The maximum Gasteiger partial charge on any atom is 0.262 e. The van der Waals surface area contributed by atoms with Gasteiger partial charge in [-0.3, -0.25) is 4.79 Å². The van der Waals surface area contributed by atoms with Crippen molar-refractivity contribution in [2.45, 2.75) is 13.2 Å². The second-order valence-electron chi connectivity index (χ2n) is 7.85. The number of nitrogens with one attached hydrogen (secondary N) is 1. The van der Waals surface area contributed by atoms with E-state index in [0.717, 1.165) is 26.7 Å². The molecule has 4 aromatic carbocycles. The van der Waals surface area contributed by atoms with E-state index in [1.807, 2.05) is 66.7 Å². The number of halogens is 1. The summed E-state index contributed by atoms with van der Waals surface area (Å²) < 4.78 is 12.1. The van der Waals surface area contributed by atoms with Gasteiger partial charge in [0.2, 0.25) is 0 Å². The van der Waals surface area contributed by atoms with Gasteiger partial charge in [0.05, 0.1) is 7.11 Å². The zero-order valence-electron chi connectivity index (χ0n) is 19.1. The summed E-state index contributed by atoms with van der Waals surface area (Å²) in [5.41, 5.74) is 2.56. The van der Waals surface area contributed by atoms with Crippen LogP contribution in [0.1, 0.15) is 16.7 Å².